The third kappa shape index (κ3) is 2.32. The Labute approximate surface area is 113 Å². The molecule has 0 unspecified atom stereocenters. The van der Waals surface area contributed by atoms with E-state index in [0.717, 1.165) is 0 Å². The lowest BCUT2D eigenvalue weighted by Crippen LogP contribution is -2.04. The van der Waals surface area contributed by atoms with Crippen LogP contribution in [0.15, 0.2) is 18.2 Å². The minimum atomic E-state index is -0.963. The molecular formula is C11H9Cl2N3O2. The number of rotatable bonds is 3. The number of hydrogen-bond donors (Lipinski definition) is 1. The van der Waals surface area contributed by atoms with Gasteiger partial charge in [-0.1, -0.05) is 34.5 Å². The van der Waals surface area contributed by atoms with E-state index in [9.17, 15) is 4.79 Å². The predicted molar refractivity (Wildman–Crippen MR) is 67.5 cm³/mol. The second-order valence-corrected chi connectivity index (χ2v) is 4.49. The molecule has 2 rings (SSSR count). The van der Waals surface area contributed by atoms with Crippen LogP contribution >= 0.6 is 23.2 Å². The van der Waals surface area contributed by atoms with Gasteiger partial charge in [0.15, 0.2) is 0 Å². The minimum Gasteiger partial charge on any atom is -0.481 e. The summed E-state index contributed by atoms with van der Waals surface area (Å²) < 4.78 is 1.45. The number of aliphatic carboxylic acids is 1. The monoisotopic (exact) mass is 285 g/mol. The number of halogens is 2. The normalized spacial score (nSPS) is 10.6. The maximum Gasteiger partial charge on any atom is 0.309 e. The maximum absolute atomic E-state index is 10.7. The van der Waals surface area contributed by atoms with E-state index < -0.39 is 5.97 Å². The van der Waals surface area contributed by atoms with Crippen molar-refractivity contribution < 1.29 is 9.90 Å². The molecule has 0 saturated heterocycles. The lowest BCUT2D eigenvalue weighted by atomic mass is 10.2. The lowest BCUT2D eigenvalue weighted by Gasteiger charge is -2.07. The van der Waals surface area contributed by atoms with Gasteiger partial charge in [0.25, 0.3) is 0 Å². The van der Waals surface area contributed by atoms with Crippen LogP contribution in [0.25, 0.3) is 5.69 Å². The van der Waals surface area contributed by atoms with Gasteiger partial charge in [-0.15, -0.1) is 5.10 Å². The van der Waals surface area contributed by atoms with Crippen molar-refractivity contribution in [1.29, 1.82) is 0 Å². The van der Waals surface area contributed by atoms with Crippen molar-refractivity contribution in [2.24, 2.45) is 0 Å². The molecule has 0 fully saturated rings. The molecule has 1 N–H and O–H groups in total. The Morgan fingerprint density at radius 2 is 2.00 bits per heavy atom. The predicted octanol–water partition coefficient (Wildman–Crippen LogP) is 2.51. The summed E-state index contributed by atoms with van der Waals surface area (Å²) in [5, 5.41) is 17.3. The summed E-state index contributed by atoms with van der Waals surface area (Å²) in [6, 6.07) is 5.08. The molecule has 1 heterocycles. The first-order valence-corrected chi connectivity index (χ1v) is 5.83. The highest BCUT2D eigenvalue weighted by atomic mass is 35.5. The number of benzene rings is 1. The Kier molecular flexibility index (Phi) is 3.54. The second kappa shape index (κ2) is 4.96. The van der Waals surface area contributed by atoms with Gasteiger partial charge < -0.3 is 5.11 Å². The van der Waals surface area contributed by atoms with Gasteiger partial charge in [-0.05, 0) is 19.1 Å². The van der Waals surface area contributed by atoms with E-state index in [4.69, 9.17) is 28.3 Å². The van der Waals surface area contributed by atoms with Gasteiger partial charge in [-0.3, -0.25) is 4.79 Å². The molecule has 0 saturated carbocycles. The van der Waals surface area contributed by atoms with E-state index in [1.807, 2.05) is 0 Å². The fourth-order valence-electron chi connectivity index (χ4n) is 1.57. The fourth-order valence-corrected chi connectivity index (χ4v) is 2.13. The Hall–Kier alpha value is -1.59. The lowest BCUT2D eigenvalue weighted by molar-refractivity contribution is -0.136. The maximum atomic E-state index is 10.7. The highest BCUT2D eigenvalue weighted by Crippen LogP contribution is 2.28. The quantitative estimate of drug-likeness (QED) is 0.941. The molecule has 0 aliphatic heterocycles. The summed E-state index contributed by atoms with van der Waals surface area (Å²) in [7, 11) is 0. The van der Waals surface area contributed by atoms with Crippen LogP contribution in [-0.2, 0) is 11.2 Å². The summed E-state index contributed by atoms with van der Waals surface area (Å²) in [6.07, 6.45) is -0.187. The van der Waals surface area contributed by atoms with Crippen molar-refractivity contribution in [3.63, 3.8) is 0 Å². The van der Waals surface area contributed by atoms with Gasteiger partial charge in [-0.25, -0.2) is 4.68 Å². The van der Waals surface area contributed by atoms with Crippen molar-refractivity contribution in [2.75, 3.05) is 0 Å². The van der Waals surface area contributed by atoms with E-state index in [0.29, 0.717) is 27.1 Å². The molecule has 0 amide bonds. The number of para-hydroxylation sites is 1. The molecule has 2 aromatic rings. The van der Waals surface area contributed by atoms with Crippen LogP contribution in [0.2, 0.25) is 10.0 Å². The molecule has 7 heteroatoms. The summed E-state index contributed by atoms with van der Waals surface area (Å²) in [5.41, 5.74) is 1.49. The average Bonchev–Trinajstić information content (AvgIpc) is 2.61. The highest BCUT2D eigenvalue weighted by Gasteiger charge is 2.16. The van der Waals surface area contributed by atoms with Gasteiger partial charge in [0.05, 0.1) is 27.9 Å². The minimum absolute atomic E-state index is 0.187. The van der Waals surface area contributed by atoms with E-state index in [1.165, 1.54) is 4.68 Å². The van der Waals surface area contributed by atoms with Crippen molar-refractivity contribution in [3.05, 3.63) is 39.6 Å². The number of carbonyl (C=O) groups is 1. The van der Waals surface area contributed by atoms with Crippen LogP contribution in [0.5, 0.6) is 0 Å². The van der Waals surface area contributed by atoms with Gasteiger partial charge >= 0.3 is 5.97 Å². The highest BCUT2D eigenvalue weighted by molar-refractivity contribution is 6.37. The summed E-state index contributed by atoms with van der Waals surface area (Å²) in [5.74, 6) is -0.963. The zero-order valence-electron chi connectivity index (χ0n) is 9.39. The Morgan fingerprint density at radius 1 is 1.39 bits per heavy atom. The van der Waals surface area contributed by atoms with E-state index >= 15 is 0 Å². The number of carboxylic acids is 1. The number of nitrogens with zero attached hydrogens (tertiary/aromatic N) is 3. The number of aromatic nitrogens is 3. The molecule has 94 valence electrons. The van der Waals surface area contributed by atoms with Crippen LogP contribution in [0.1, 0.15) is 11.4 Å². The SMILES string of the molecule is Cc1c(CC(=O)O)nnn1-c1c(Cl)cccc1Cl. The molecule has 0 radical (unpaired) electrons. The Balaban J connectivity index is 2.52. The molecule has 0 atom stereocenters. The average molecular weight is 286 g/mol. The summed E-state index contributed by atoms with van der Waals surface area (Å²) in [6.45, 7) is 1.72. The third-order valence-electron chi connectivity index (χ3n) is 2.46. The molecule has 0 aliphatic carbocycles. The molecule has 0 bridgehead atoms. The zero-order chi connectivity index (χ0) is 13.3. The van der Waals surface area contributed by atoms with Crippen LogP contribution in [0, 0.1) is 6.92 Å². The standard InChI is InChI=1S/C11H9Cl2N3O2/c1-6-9(5-10(17)18)14-15-16(6)11-7(12)3-2-4-8(11)13/h2-4H,5H2,1H3,(H,17,18). The largest absolute Gasteiger partial charge is 0.481 e. The van der Waals surface area contributed by atoms with Crippen LogP contribution in [0.4, 0.5) is 0 Å². The molecule has 0 aliphatic rings. The summed E-state index contributed by atoms with van der Waals surface area (Å²) in [4.78, 5) is 10.7. The molecular weight excluding hydrogens is 277 g/mol. The van der Waals surface area contributed by atoms with Gasteiger partial charge in [0, 0.05) is 0 Å². The van der Waals surface area contributed by atoms with Crippen molar-refractivity contribution in [2.45, 2.75) is 13.3 Å². The van der Waals surface area contributed by atoms with Gasteiger partial charge in [0.2, 0.25) is 0 Å². The smallest absolute Gasteiger partial charge is 0.309 e. The van der Waals surface area contributed by atoms with Crippen molar-refractivity contribution in [1.82, 2.24) is 15.0 Å². The Morgan fingerprint density at radius 3 is 2.56 bits per heavy atom. The second-order valence-electron chi connectivity index (χ2n) is 3.67. The molecule has 0 spiro atoms. The zero-order valence-corrected chi connectivity index (χ0v) is 10.9. The van der Waals surface area contributed by atoms with Crippen molar-refractivity contribution in [3.8, 4) is 5.69 Å². The first-order valence-electron chi connectivity index (χ1n) is 5.08. The molecule has 5 nitrogen and oxygen atoms in total. The van der Waals surface area contributed by atoms with Crippen LogP contribution < -0.4 is 0 Å². The van der Waals surface area contributed by atoms with Crippen LogP contribution in [0.3, 0.4) is 0 Å². The number of hydrogen-bond acceptors (Lipinski definition) is 3. The van der Waals surface area contributed by atoms with E-state index in [1.54, 1.807) is 25.1 Å². The van der Waals surface area contributed by atoms with E-state index in [-0.39, 0.29) is 6.42 Å². The van der Waals surface area contributed by atoms with Gasteiger partial charge in [-0.2, -0.15) is 0 Å². The van der Waals surface area contributed by atoms with Gasteiger partial charge in [0.1, 0.15) is 5.69 Å². The van der Waals surface area contributed by atoms with E-state index in [2.05, 4.69) is 10.3 Å². The summed E-state index contributed by atoms with van der Waals surface area (Å²) >= 11 is 12.1. The molecule has 1 aromatic carbocycles. The van der Waals surface area contributed by atoms with Crippen molar-refractivity contribution >= 4 is 29.2 Å². The first kappa shape index (κ1) is 12.9. The third-order valence-corrected chi connectivity index (χ3v) is 3.07. The molecule has 18 heavy (non-hydrogen) atoms. The fraction of sp³-hybridized carbons (Fsp3) is 0.182. The van der Waals surface area contributed by atoms with Crippen LogP contribution in [-0.4, -0.2) is 26.1 Å². The number of carboxylic acid groups (broad SMARTS) is 1. The Bertz CT molecular complexity index is 590. The first-order chi connectivity index (χ1) is 8.50. The topological polar surface area (TPSA) is 68.0 Å². The molecule has 1 aromatic heterocycles.